The number of piperidine rings is 1. The van der Waals surface area contributed by atoms with Crippen LogP contribution in [0.25, 0.3) is 10.9 Å². The zero-order chi connectivity index (χ0) is 30.1. The highest BCUT2D eigenvalue weighted by atomic mass is 16.6. The summed E-state index contributed by atoms with van der Waals surface area (Å²) in [5.41, 5.74) is 1.30. The monoisotopic (exact) mass is 573 g/mol. The number of hydrogen-bond donors (Lipinski definition) is 3. The van der Waals surface area contributed by atoms with E-state index in [-0.39, 0.29) is 25.4 Å². The molecule has 1 aromatic heterocycles. The van der Waals surface area contributed by atoms with Gasteiger partial charge in [-0.15, -0.1) is 0 Å². The third-order valence-corrected chi connectivity index (χ3v) is 7.40. The first-order valence-corrected chi connectivity index (χ1v) is 13.9. The quantitative estimate of drug-likeness (QED) is 0.374. The molecule has 0 radical (unpaired) electrons. The Morgan fingerprint density at radius 3 is 2.55 bits per heavy atom. The molecule has 2 saturated heterocycles. The number of amides is 5. The minimum absolute atomic E-state index is 0.0252. The number of pyridine rings is 1. The number of nitrogens with one attached hydrogen (secondary N) is 3. The summed E-state index contributed by atoms with van der Waals surface area (Å²) < 4.78 is 11.5. The van der Waals surface area contributed by atoms with E-state index in [4.69, 9.17) is 9.47 Å². The van der Waals surface area contributed by atoms with Gasteiger partial charge >= 0.3 is 12.1 Å². The second-order valence-electron chi connectivity index (χ2n) is 11.8. The molecule has 0 bridgehead atoms. The molecular weight excluding hydrogens is 538 g/mol. The summed E-state index contributed by atoms with van der Waals surface area (Å²) in [7, 11) is 0. The van der Waals surface area contributed by atoms with Gasteiger partial charge in [0.1, 0.15) is 23.5 Å². The van der Waals surface area contributed by atoms with Crippen molar-refractivity contribution in [3.8, 4) is 5.75 Å². The molecule has 3 heterocycles. The van der Waals surface area contributed by atoms with E-state index in [1.807, 2.05) is 37.3 Å². The molecule has 0 saturated carbocycles. The van der Waals surface area contributed by atoms with Gasteiger partial charge in [-0.3, -0.25) is 19.9 Å². The van der Waals surface area contributed by atoms with Crippen molar-refractivity contribution in [1.82, 2.24) is 20.5 Å². The SMILES string of the molecule is Cc1cc(COc2ccc(NC(=O)CC3CCN(C(=O)OC(C)(C)C)CC34NC(=O)NC4=O)cc2)c2ccccc2n1. The zero-order valence-corrected chi connectivity index (χ0v) is 24.2. The van der Waals surface area contributed by atoms with Gasteiger partial charge in [-0.05, 0) is 70.5 Å². The number of aryl methyl sites for hydroxylation is 1. The van der Waals surface area contributed by atoms with Crippen LogP contribution in [0.4, 0.5) is 15.3 Å². The second-order valence-corrected chi connectivity index (χ2v) is 11.8. The predicted octanol–water partition coefficient (Wildman–Crippen LogP) is 4.29. The molecule has 3 aromatic rings. The van der Waals surface area contributed by atoms with Crippen molar-refractivity contribution >= 4 is 40.5 Å². The molecule has 2 aromatic carbocycles. The average molecular weight is 574 g/mol. The highest BCUT2D eigenvalue weighted by Crippen LogP contribution is 2.34. The average Bonchev–Trinajstić information content (AvgIpc) is 3.20. The summed E-state index contributed by atoms with van der Waals surface area (Å²) in [5, 5.41) is 8.85. The maximum Gasteiger partial charge on any atom is 0.410 e. The number of carbonyl (C=O) groups excluding carboxylic acids is 4. The summed E-state index contributed by atoms with van der Waals surface area (Å²) in [6.07, 6.45) is -0.271. The van der Waals surface area contributed by atoms with Crippen molar-refractivity contribution in [3.05, 3.63) is 65.9 Å². The number of imide groups is 1. The Bertz CT molecular complexity index is 1530. The van der Waals surface area contributed by atoms with E-state index in [0.717, 1.165) is 22.2 Å². The van der Waals surface area contributed by atoms with Gasteiger partial charge in [0.25, 0.3) is 5.91 Å². The van der Waals surface area contributed by atoms with Gasteiger partial charge in [-0.1, -0.05) is 18.2 Å². The van der Waals surface area contributed by atoms with Crippen LogP contribution >= 0.6 is 0 Å². The first-order valence-electron chi connectivity index (χ1n) is 13.9. The fraction of sp³-hybridized carbons (Fsp3) is 0.387. The molecule has 1 spiro atoms. The molecule has 42 heavy (non-hydrogen) atoms. The zero-order valence-electron chi connectivity index (χ0n) is 24.2. The van der Waals surface area contributed by atoms with E-state index in [0.29, 0.717) is 24.5 Å². The smallest absolute Gasteiger partial charge is 0.410 e. The molecule has 2 fully saturated rings. The lowest BCUT2D eigenvalue weighted by Crippen LogP contribution is -2.65. The highest BCUT2D eigenvalue weighted by molar-refractivity contribution is 6.08. The Morgan fingerprint density at radius 2 is 1.86 bits per heavy atom. The molecular formula is C31H35N5O6. The number of fused-ring (bicyclic) bond motifs is 1. The number of ether oxygens (including phenoxy) is 2. The summed E-state index contributed by atoms with van der Waals surface area (Å²) in [4.78, 5) is 56.8. The van der Waals surface area contributed by atoms with Crippen molar-refractivity contribution in [3.63, 3.8) is 0 Å². The van der Waals surface area contributed by atoms with Gasteiger partial charge in [-0.25, -0.2) is 9.59 Å². The Balaban J connectivity index is 1.21. The van der Waals surface area contributed by atoms with E-state index < -0.39 is 35.1 Å². The molecule has 5 amide bonds. The fourth-order valence-corrected chi connectivity index (χ4v) is 5.48. The van der Waals surface area contributed by atoms with Crippen LogP contribution in [0.2, 0.25) is 0 Å². The lowest BCUT2D eigenvalue weighted by atomic mass is 9.76. The Labute approximate surface area is 243 Å². The van der Waals surface area contributed by atoms with Crippen LogP contribution in [0.3, 0.4) is 0 Å². The number of nitrogens with zero attached hydrogens (tertiary/aromatic N) is 2. The first-order chi connectivity index (χ1) is 19.9. The number of anilines is 1. The second kappa shape index (κ2) is 11.3. The molecule has 2 aliphatic heterocycles. The van der Waals surface area contributed by atoms with Gasteiger partial charge in [0, 0.05) is 41.2 Å². The van der Waals surface area contributed by atoms with E-state index in [1.54, 1.807) is 45.0 Å². The third-order valence-electron chi connectivity index (χ3n) is 7.40. The van der Waals surface area contributed by atoms with Crippen molar-refractivity contribution in [2.45, 2.75) is 58.3 Å². The summed E-state index contributed by atoms with van der Waals surface area (Å²) in [5.74, 6) is -0.752. The summed E-state index contributed by atoms with van der Waals surface area (Å²) in [6.45, 7) is 7.78. The summed E-state index contributed by atoms with van der Waals surface area (Å²) in [6, 6.07) is 16.3. The van der Waals surface area contributed by atoms with Crippen LogP contribution in [0.5, 0.6) is 5.75 Å². The molecule has 3 N–H and O–H groups in total. The van der Waals surface area contributed by atoms with E-state index in [1.165, 1.54) is 4.90 Å². The van der Waals surface area contributed by atoms with E-state index in [9.17, 15) is 19.2 Å². The number of benzene rings is 2. The molecule has 0 aliphatic carbocycles. The molecule has 220 valence electrons. The van der Waals surface area contributed by atoms with Crippen molar-refractivity contribution < 1.29 is 28.7 Å². The topological polar surface area (TPSA) is 139 Å². The highest BCUT2D eigenvalue weighted by Gasteiger charge is 2.56. The largest absolute Gasteiger partial charge is 0.489 e. The van der Waals surface area contributed by atoms with Crippen LogP contribution in [-0.4, -0.2) is 58.1 Å². The van der Waals surface area contributed by atoms with Crippen LogP contribution in [-0.2, 0) is 20.9 Å². The van der Waals surface area contributed by atoms with Gasteiger partial charge < -0.3 is 25.0 Å². The molecule has 11 nitrogen and oxygen atoms in total. The number of hydrogen-bond acceptors (Lipinski definition) is 7. The van der Waals surface area contributed by atoms with Crippen molar-refractivity contribution in [2.75, 3.05) is 18.4 Å². The number of rotatable bonds is 6. The van der Waals surface area contributed by atoms with Gasteiger partial charge in [0.05, 0.1) is 12.1 Å². The molecule has 11 heteroatoms. The van der Waals surface area contributed by atoms with Crippen LogP contribution in [0.1, 0.15) is 44.9 Å². The van der Waals surface area contributed by atoms with Crippen LogP contribution < -0.4 is 20.7 Å². The first kappa shape index (κ1) is 28.8. The van der Waals surface area contributed by atoms with E-state index in [2.05, 4.69) is 20.9 Å². The number of likely N-dealkylation sites (tertiary alicyclic amines) is 1. The third kappa shape index (κ3) is 6.29. The van der Waals surface area contributed by atoms with Crippen LogP contribution in [0.15, 0.2) is 54.6 Å². The van der Waals surface area contributed by atoms with Gasteiger partial charge in [0.2, 0.25) is 5.91 Å². The maximum atomic E-state index is 13.1. The minimum Gasteiger partial charge on any atom is -0.489 e. The number of carbonyl (C=O) groups is 4. The molecule has 2 aliphatic rings. The van der Waals surface area contributed by atoms with Crippen LogP contribution in [0, 0.1) is 12.8 Å². The van der Waals surface area contributed by atoms with Gasteiger partial charge in [-0.2, -0.15) is 0 Å². The minimum atomic E-state index is -1.42. The number of aromatic nitrogens is 1. The predicted molar refractivity (Wildman–Crippen MR) is 156 cm³/mol. The Morgan fingerprint density at radius 1 is 1.12 bits per heavy atom. The van der Waals surface area contributed by atoms with Crippen molar-refractivity contribution in [1.29, 1.82) is 0 Å². The summed E-state index contributed by atoms with van der Waals surface area (Å²) >= 11 is 0. The Kier molecular flexibility index (Phi) is 7.77. The maximum absolute atomic E-state index is 13.1. The molecule has 2 atom stereocenters. The normalized spacial score (nSPS) is 20.3. The van der Waals surface area contributed by atoms with Gasteiger partial charge in [0.15, 0.2) is 0 Å². The fourth-order valence-electron chi connectivity index (χ4n) is 5.48. The van der Waals surface area contributed by atoms with Crippen molar-refractivity contribution in [2.24, 2.45) is 5.92 Å². The Hall–Kier alpha value is -4.67. The molecule has 2 unspecified atom stereocenters. The molecule has 5 rings (SSSR count). The number of para-hydroxylation sites is 1. The standard InChI is InChI=1S/C31H35N5O6/c1-19-15-20(24-7-5-6-8-25(24)32-19)17-41-23-11-9-22(10-12-23)33-26(37)16-21-13-14-36(29(40)42-30(2,3)4)18-31(21)27(38)34-28(39)35-31/h5-12,15,21H,13-14,16-18H2,1-4H3,(H,33,37)(H2,34,35,38,39). The van der Waals surface area contributed by atoms with E-state index >= 15 is 0 Å². The number of urea groups is 1. The lowest BCUT2D eigenvalue weighted by molar-refractivity contribution is -0.129. The lowest BCUT2D eigenvalue weighted by Gasteiger charge is -2.43.